The molecule has 0 aliphatic rings. The van der Waals surface area contributed by atoms with Crippen molar-refractivity contribution in [3.05, 3.63) is 78.4 Å². The van der Waals surface area contributed by atoms with Crippen molar-refractivity contribution >= 4 is 12.2 Å². The summed E-state index contributed by atoms with van der Waals surface area (Å²) in [6, 6.07) is 19.2. The standard InChI is InChI=1S/C22H20N6O/c1-15-6-5-9-18(26-15)22-21(16-10-11-19(24-12-16)25-14-23)27-20(28-22)13-29-17-7-3-2-4-8-17/h2-12,14H,13H2,1H3,(H,27,28)(H2,23,24,25). The zero-order valence-corrected chi connectivity index (χ0v) is 15.9. The molecule has 0 fully saturated rings. The van der Waals surface area contributed by atoms with E-state index in [1.165, 1.54) is 6.34 Å². The summed E-state index contributed by atoms with van der Waals surface area (Å²) in [4.78, 5) is 21.0. The van der Waals surface area contributed by atoms with Crippen LogP contribution < -0.4 is 10.5 Å². The van der Waals surface area contributed by atoms with Crippen LogP contribution in [0.1, 0.15) is 11.5 Å². The number of ether oxygens (including phenoxy) is 1. The second kappa shape index (κ2) is 8.35. The van der Waals surface area contributed by atoms with Gasteiger partial charge in [-0.2, -0.15) is 0 Å². The lowest BCUT2D eigenvalue weighted by Gasteiger charge is -2.03. The molecule has 3 heterocycles. The van der Waals surface area contributed by atoms with Crippen LogP contribution in [0.3, 0.4) is 0 Å². The normalized spacial score (nSPS) is 11.1. The zero-order valence-electron chi connectivity index (χ0n) is 15.9. The van der Waals surface area contributed by atoms with Gasteiger partial charge in [0.25, 0.3) is 0 Å². The first kappa shape index (κ1) is 18.4. The van der Waals surface area contributed by atoms with Gasteiger partial charge in [-0.1, -0.05) is 24.3 Å². The fourth-order valence-corrected chi connectivity index (χ4v) is 2.91. The average molecular weight is 384 g/mol. The van der Waals surface area contributed by atoms with Crippen LogP contribution in [0.25, 0.3) is 22.6 Å². The number of hydrogen-bond acceptors (Lipinski definition) is 5. The van der Waals surface area contributed by atoms with Crippen LogP contribution in [-0.4, -0.2) is 26.3 Å². The van der Waals surface area contributed by atoms with Crippen molar-refractivity contribution in [3.63, 3.8) is 0 Å². The molecule has 1 aromatic carbocycles. The van der Waals surface area contributed by atoms with Gasteiger partial charge < -0.3 is 15.5 Å². The largest absolute Gasteiger partial charge is 0.486 e. The Morgan fingerprint density at radius 1 is 1.03 bits per heavy atom. The molecule has 4 aromatic rings. The van der Waals surface area contributed by atoms with Crippen molar-refractivity contribution in [1.29, 1.82) is 0 Å². The van der Waals surface area contributed by atoms with Crippen molar-refractivity contribution in [1.82, 2.24) is 19.9 Å². The first-order chi connectivity index (χ1) is 14.2. The molecule has 7 nitrogen and oxygen atoms in total. The van der Waals surface area contributed by atoms with Crippen LogP contribution in [0.15, 0.2) is 71.9 Å². The number of pyridine rings is 2. The van der Waals surface area contributed by atoms with E-state index in [0.717, 1.165) is 34.1 Å². The number of imidazole rings is 1. The van der Waals surface area contributed by atoms with E-state index in [4.69, 9.17) is 15.5 Å². The zero-order chi connectivity index (χ0) is 20.1. The van der Waals surface area contributed by atoms with E-state index < -0.39 is 0 Å². The van der Waals surface area contributed by atoms with E-state index >= 15 is 0 Å². The van der Waals surface area contributed by atoms with Crippen molar-refractivity contribution in [2.75, 3.05) is 0 Å². The maximum absolute atomic E-state index is 5.84. The van der Waals surface area contributed by atoms with Gasteiger partial charge in [0.2, 0.25) is 0 Å². The number of aromatic amines is 1. The van der Waals surface area contributed by atoms with Crippen LogP contribution in [-0.2, 0) is 6.61 Å². The smallest absolute Gasteiger partial charge is 0.153 e. The second-order valence-corrected chi connectivity index (χ2v) is 6.36. The Hall–Kier alpha value is -4.00. The molecule has 0 aliphatic heterocycles. The van der Waals surface area contributed by atoms with E-state index in [2.05, 4.69) is 19.9 Å². The minimum absolute atomic E-state index is 0.311. The summed E-state index contributed by atoms with van der Waals surface area (Å²) in [5, 5.41) is 0. The van der Waals surface area contributed by atoms with Crippen LogP contribution >= 0.6 is 0 Å². The molecule has 0 spiro atoms. The number of benzene rings is 1. The van der Waals surface area contributed by atoms with Gasteiger partial charge in [0.15, 0.2) is 5.82 Å². The molecule has 0 aliphatic carbocycles. The van der Waals surface area contributed by atoms with Crippen LogP contribution in [0.4, 0.5) is 5.82 Å². The van der Waals surface area contributed by atoms with E-state index in [1.54, 1.807) is 12.3 Å². The third-order valence-electron chi connectivity index (χ3n) is 4.24. The number of H-pyrrole nitrogens is 1. The maximum atomic E-state index is 5.84. The quantitative estimate of drug-likeness (QED) is 0.386. The highest BCUT2D eigenvalue weighted by molar-refractivity contribution is 5.76. The topological polar surface area (TPSA) is 102 Å². The molecule has 0 saturated carbocycles. The predicted octanol–water partition coefficient (Wildman–Crippen LogP) is 4.04. The van der Waals surface area contributed by atoms with Gasteiger partial charge >= 0.3 is 0 Å². The Morgan fingerprint density at radius 3 is 2.62 bits per heavy atom. The highest BCUT2D eigenvalue weighted by Crippen LogP contribution is 2.30. The van der Waals surface area contributed by atoms with Crippen molar-refractivity contribution in [2.45, 2.75) is 13.5 Å². The molecular formula is C22H20N6O. The Balaban J connectivity index is 1.70. The molecular weight excluding hydrogens is 364 g/mol. The Morgan fingerprint density at radius 2 is 1.90 bits per heavy atom. The number of rotatable bonds is 6. The molecule has 4 rings (SSSR count). The van der Waals surface area contributed by atoms with Gasteiger partial charge in [0.05, 0.1) is 23.4 Å². The number of hydrogen-bond donors (Lipinski definition) is 2. The Kier molecular flexibility index (Phi) is 5.29. The number of aromatic nitrogens is 4. The summed E-state index contributed by atoms with van der Waals surface area (Å²) in [6.07, 6.45) is 2.94. The number of para-hydroxylation sites is 1. The lowest BCUT2D eigenvalue weighted by molar-refractivity contribution is 0.297. The van der Waals surface area contributed by atoms with Gasteiger partial charge in [-0.05, 0) is 43.3 Å². The number of nitrogens with zero attached hydrogens (tertiary/aromatic N) is 4. The minimum Gasteiger partial charge on any atom is -0.486 e. The number of aryl methyl sites for hydroxylation is 1. The highest BCUT2D eigenvalue weighted by atomic mass is 16.5. The average Bonchev–Trinajstić information content (AvgIpc) is 3.18. The lowest BCUT2D eigenvalue weighted by Crippen LogP contribution is -1.97. The molecule has 0 radical (unpaired) electrons. The third-order valence-corrected chi connectivity index (χ3v) is 4.24. The van der Waals surface area contributed by atoms with Gasteiger partial charge in [-0.15, -0.1) is 0 Å². The van der Waals surface area contributed by atoms with E-state index in [-0.39, 0.29) is 0 Å². The summed E-state index contributed by atoms with van der Waals surface area (Å²) in [5.74, 6) is 2.02. The van der Waals surface area contributed by atoms with Gasteiger partial charge in [-0.3, -0.25) is 4.98 Å². The fourth-order valence-electron chi connectivity index (χ4n) is 2.91. The van der Waals surface area contributed by atoms with Crippen LogP contribution in [0, 0.1) is 6.92 Å². The molecule has 0 unspecified atom stereocenters. The molecule has 0 atom stereocenters. The predicted molar refractivity (Wildman–Crippen MR) is 113 cm³/mol. The minimum atomic E-state index is 0.311. The monoisotopic (exact) mass is 384 g/mol. The summed E-state index contributed by atoms with van der Waals surface area (Å²) >= 11 is 0. The SMILES string of the molecule is Cc1cccc(-c2[nH]c(COc3ccccc3)nc2-c2ccc(N=CN)nc2)n1. The summed E-state index contributed by atoms with van der Waals surface area (Å²) in [5.41, 5.74) is 9.49. The van der Waals surface area contributed by atoms with Crippen molar-refractivity contribution in [3.8, 4) is 28.4 Å². The third kappa shape index (κ3) is 4.30. The number of nitrogens with two attached hydrogens (primary N) is 1. The Labute approximate surface area is 168 Å². The molecule has 29 heavy (non-hydrogen) atoms. The van der Waals surface area contributed by atoms with E-state index in [9.17, 15) is 0 Å². The number of aliphatic imine (C=N–C) groups is 1. The first-order valence-corrected chi connectivity index (χ1v) is 9.14. The van der Waals surface area contributed by atoms with Gasteiger partial charge in [0.1, 0.15) is 18.2 Å². The summed E-state index contributed by atoms with van der Waals surface area (Å²) in [7, 11) is 0. The summed E-state index contributed by atoms with van der Waals surface area (Å²) in [6.45, 7) is 2.27. The fraction of sp³-hybridized carbons (Fsp3) is 0.0909. The molecule has 0 saturated heterocycles. The second-order valence-electron chi connectivity index (χ2n) is 6.36. The maximum Gasteiger partial charge on any atom is 0.153 e. The number of nitrogens with one attached hydrogen (secondary N) is 1. The lowest BCUT2D eigenvalue weighted by atomic mass is 10.1. The van der Waals surface area contributed by atoms with Crippen molar-refractivity contribution < 1.29 is 4.74 Å². The van der Waals surface area contributed by atoms with E-state index in [1.807, 2.05) is 61.5 Å². The Bertz CT molecular complexity index is 1120. The summed E-state index contributed by atoms with van der Waals surface area (Å²) < 4.78 is 5.84. The highest BCUT2D eigenvalue weighted by Gasteiger charge is 2.16. The molecule has 0 bridgehead atoms. The molecule has 144 valence electrons. The molecule has 0 amide bonds. The van der Waals surface area contributed by atoms with Crippen LogP contribution in [0.5, 0.6) is 5.75 Å². The van der Waals surface area contributed by atoms with E-state index in [0.29, 0.717) is 18.2 Å². The van der Waals surface area contributed by atoms with Gasteiger partial charge in [0, 0.05) is 17.5 Å². The van der Waals surface area contributed by atoms with Crippen molar-refractivity contribution in [2.24, 2.45) is 10.7 Å². The van der Waals surface area contributed by atoms with Gasteiger partial charge in [-0.25, -0.2) is 15.0 Å². The van der Waals surface area contributed by atoms with Crippen LogP contribution in [0.2, 0.25) is 0 Å². The molecule has 7 heteroatoms. The first-order valence-electron chi connectivity index (χ1n) is 9.14. The molecule has 3 aromatic heterocycles. The molecule has 3 N–H and O–H groups in total.